The van der Waals surface area contributed by atoms with Crippen molar-refractivity contribution in [1.29, 1.82) is 0 Å². The molecule has 1 aliphatic heterocycles. The highest BCUT2D eigenvalue weighted by atomic mass is 35.5. The minimum atomic E-state index is -4.64. The number of fused-ring (bicyclic) bond motifs is 1. The van der Waals surface area contributed by atoms with Crippen LogP contribution >= 0.6 is 11.6 Å². The topological polar surface area (TPSA) is 76.6 Å². The van der Waals surface area contributed by atoms with Crippen LogP contribution in [-0.2, 0) is 23.9 Å². The Morgan fingerprint density at radius 2 is 1.94 bits per heavy atom. The second-order valence-electron chi connectivity index (χ2n) is 7.99. The molecule has 1 aliphatic rings. The maximum atomic E-state index is 12.9. The largest absolute Gasteiger partial charge is 0.495 e. The monoisotopic (exact) mass is 458 g/mol. The quantitative estimate of drug-likeness (QED) is 0.637. The number of nitrogens with zero attached hydrogens (tertiary/aromatic N) is 3. The van der Waals surface area contributed by atoms with Gasteiger partial charge in [0.2, 0.25) is 5.95 Å². The number of rotatable bonds is 3. The van der Waals surface area contributed by atoms with Crippen LogP contribution in [0.3, 0.4) is 0 Å². The molecule has 0 spiro atoms. The summed E-state index contributed by atoms with van der Waals surface area (Å²) in [5.41, 5.74) is 0.611. The Hall–Kier alpha value is -2.75. The summed E-state index contributed by atoms with van der Waals surface area (Å²) in [5.74, 6) is 0.326. The number of anilines is 2. The fourth-order valence-corrected chi connectivity index (χ4v) is 3.30. The van der Waals surface area contributed by atoms with Crippen molar-refractivity contribution in [2.24, 2.45) is 0 Å². The van der Waals surface area contributed by atoms with E-state index in [-0.39, 0.29) is 5.95 Å². The van der Waals surface area contributed by atoms with E-state index in [9.17, 15) is 18.0 Å². The van der Waals surface area contributed by atoms with Gasteiger partial charge in [0.1, 0.15) is 22.1 Å². The van der Waals surface area contributed by atoms with E-state index in [0.717, 1.165) is 11.1 Å². The zero-order valence-corrected chi connectivity index (χ0v) is 18.2. The predicted molar refractivity (Wildman–Crippen MR) is 109 cm³/mol. The van der Waals surface area contributed by atoms with Crippen LogP contribution in [0.2, 0.25) is 5.15 Å². The first-order valence-corrected chi connectivity index (χ1v) is 9.79. The summed E-state index contributed by atoms with van der Waals surface area (Å²) in [4.78, 5) is 21.4. The van der Waals surface area contributed by atoms with Gasteiger partial charge >= 0.3 is 12.3 Å². The van der Waals surface area contributed by atoms with Crippen LogP contribution in [-0.4, -0.2) is 40.2 Å². The zero-order valence-electron chi connectivity index (χ0n) is 17.4. The smallest absolute Gasteiger partial charge is 0.420 e. The Kier molecular flexibility index (Phi) is 6.22. The van der Waals surface area contributed by atoms with E-state index in [2.05, 4.69) is 15.3 Å². The molecule has 0 atom stereocenters. The van der Waals surface area contributed by atoms with Crippen LogP contribution in [0.1, 0.15) is 37.5 Å². The Balaban J connectivity index is 1.82. The van der Waals surface area contributed by atoms with Gasteiger partial charge in [0.05, 0.1) is 12.8 Å². The maximum absolute atomic E-state index is 12.9. The van der Waals surface area contributed by atoms with Crippen molar-refractivity contribution in [3.63, 3.8) is 0 Å². The van der Waals surface area contributed by atoms with Crippen molar-refractivity contribution < 1.29 is 27.4 Å². The Bertz CT molecular complexity index is 993. The minimum absolute atomic E-state index is 0.0950. The van der Waals surface area contributed by atoms with E-state index in [4.69, 9.17) is 21.1 Å². The molecule has 1 amide bonds. The van der Waals surface area contributed by atoms with Gasteiger partial charge in [0.25, 0.3) is 0 Å². The summed E-state index contributed by atoms with van der Waals surface area (Å²) < 4.78 is 49.4. The van der Waals surface area contributed by atoms with Gasteiger partial charge in [-0.05, 0) is 50.5 Å². The highest BCUT2D eigenvalue weighted by Crippen LogP contribution is 2.36. The van der Waals surface area contributed by atoms with Gasteiger partial charge in [-0.15, -0.1) is 0 Å². The molecule has 0 bridgehead atoms. The molecule has 2 aromatic rings. The normalized spacial score (nSPS) is 14.1. The van der Waals surface area contributed by atoms with Gasteiger partial charge in [-0.1, -0.05) is 11.6 Å². The van der Waals surface area contributed by atoms with Gasteiger partial charge in [-0.2, -0.15) is 13.2 Å². The summed E-state index contributed by atoms with van der Waals surface area (Å²) in [6.07, 6.45) is -3.84. The van der Waals surface area contributed by atoms with Crippen LogP contribution in [0, 0.1) is 0 Å². The number of halogens is 4. The molecule has 0 unspecified atom stereocenters. The molecule has 0 aliphatic carbocycles. The van der Waals surface area contributed by atoms with Gasteiger partial charge in [-0.3, -0.25) is 0 Å². The maximum Gasteiger partial charge on any atom is 0.420 e. The van der Waals surface area contributed by atoms with Crippen LogP contribution in [0.4, 0.5) is 29.6 Å². The van der Waals surface area contributed by atoms with Crippen molar-refractivity contribution in [3.8, 4) is 5.75 Å². The third kappa shape index (κ3) is 5.49. The number of hydrogen-bond acceptors (Lipinski definition) is 6. The van der Waals surface area contributed by atoms with Crippen LogP contribution in [0.15, 0.2) is 18.3 Å². The molecule has 0 saturated heterocycles. The molecule has 2 heterocycles. The van der Waals surface area contributed by atoms with E-state index in [1.165, 1.54) is 7.11 Å². The second-order valence-corrected chi connectivity index (χ2v) is 8.35. The summed E-state index contributed by atoms with van der Waals surface area (Å²) >= 11 is 5.67. The van der Waals surface area contributed by atoms with E-state index < -0.39 is 28.6 Å². The summed E-state index contributed by atoms with van der Waals surface area (Å²) in [6.45, 7) is 6.23. The van der Waals surface area contributed by atoms with Gasteiger partial charge in [0.15, 0.2) is 0 Å². The fourth-order valence-electron chi connectivity index (χ4n) is 3.07. The molecular formula is C20H22ClF3N4O3. The van der Waals surface area contributed by atoms with Crippen molar-refractivity contribution in [2.75, 3.05) is 19.0 Å². The molecule has 1 aromatic heterocycles. The van der Waals surface area contributed by atoms with Crippen LogP contribution in [0.25, 0.3) is 0 Å². The van der Waals surface area contributed by atoms with Gasteiger partial charge in [0, 0.05) is 19.3 Å². The van der Waals surface area contributed by atoms with Crippen molar-refractivity contribution in [1.82, 2.24) is 14.9 Å². The first-order chi connectivity index (χ1) is 14.4. The van der Waals surface area contributed by atoms with Crippen molar-refractivity contribution in [2.45, 2.75) is 45.5 Å². The molecule has 7 nitrogen and oxygen atoms in total. The molecule has 31 heavy (non-hydrogen) atoms. The number of hydrogen-bond donors (Lipinski definition) is 1. The first-order valence-electron chi connectivity index (χ1n) is 9.42. The number of carbonyl (C=O) groups is 1. The lowest BCUT2D eigenvalue weighted by Crippen LogP contribution is -2.39. The lowest BCUT2D eigenvalue weighted by molar-refractivity contribution is -0.137. The SMILES string of the molecule is COc1cc2c(cc1Nc1ncc(C(F)(F)F)c(Cl)n1)CCN(C(=O)OC(C)(C)C)C2. The number of nitrogens with one attached hydrogen (secondary N) is 1. The number of ether oxygens (including phenoxy) is 2. The average Bonchev–Trinajstić information content (AvgIpc) is 2.64. The minimum Gasteiger partial charge on any atom is -0.495 e. The van der Waals surface area contributed by atoms with Gasteiger partial charge in [-0.25, -0.2) is 14.8 Å². The highest BCUT2D eigenvalue weighted by molar-refractivity contribution is 6.30. The summed E-state index contributed by atoms with van der Waals surface area (Å²) in [6, 6.07) is 3.56. The third-order valence-electron chi connectivity index (χ3n) is 4.48. The number of aromatic nitrogens is 2. The number of benzene rings is 1. The second kappa shape index (κ2) is 8.41. The molecule has 0 saturated carbocycles. The van der Waals surface area contributed by atoms with E-state index in [1.54, 1.807) is 37.8 Å². The number of methoxy groups -OCH3 is 1. The summed E-state index contributed by atoms with van der Waals surface area (Å²) in [7, 11) is 1.46. The molecule has 1 aromatic carbocycles. The number of alkyl halides is 3. The Labute approximate surface area is 182 Å². The van der Waals surface area contributed by atoms with Crippen molar-refractivity contribution in [3.05, 3.63) is 40.2 Å². The molecule has 11 heteroatoms. The summed E-state index contributed by atoms with van der Waals surface area (Å²) in [5, 5.41) is 2.15. The van der Waals surface area contributed by atoms with Gasteiger partial charge < -0.3 is 19.7 Å². The zero-order chi connectivity index (χ0) is 23.0. The average molecular weight is 459 g/mol. The van der Waals surface area contributed by atoms with E-state index in [1.807, 2.05) is 0 Å². The lowest BCUT2D eigenvalue weighted by atomic mass is 9.98. The third-order valence-corrected chi connectivity index (χ3v) is 4.77. The number of carbonyl (C=O) groups excluding carboxylic acids is 1. The standard InChI is InChI=1S/C20H22ClF3N4O3/c1-19(2,3)31-18(29)28-6-5-11-7-14(15(30-4)8-12(11)10-28)26-17-25-9-13(16(21)27-17)20(22,23)24/h7-9H,5-6,10H2,1-4H3,(H,25,26,27). The van der Waals surface area contributed by atoms with E-state index >= 15 is 0 Å². The first kappa shape index (κ1) is 22.9. The molecule has 1 N–H and O–H groups in total. The molecule has 0 fully saturated rings. The van der Waals surface area contributed by atoms with Crippen LogP contribution < -0.4 is 10.1 Å². The molecule has 0 radical (unpaired) electrons. The fraction of sp³-hybridized carbons (Fsp3) is 0.450. The predicted octanol–water partition coefficient (Wildman–Crippen LogP) is 5.19. The Morgan fingerprint density at radius 1 is 1.23 bits per heavy atom. The van der Waals surface area contributed by atoms with Crippen molar-refractivity contribution >= 4 is 29.3 Å². The van der Waals surface area contributed by atoms with E-state index in [0.29, 0.717) is 37.1 Å². The highest BCUT2D eigenvalue weighted by Gasteiger charge is 2.35. The van der Waals surface area contributed by atoms with Crippen LogP contribution in [0.5, 0.6) is 5.75 Å². The molecular weight excluding hydrogens is 437 g/mol. The molecule has 168 valence electrons. The number of amides is 1. The lowest BCUT2D eigenvalue weighted by Gasteiger charge is -2.31. The Morgan fingerprint density at radius 3 is 2.52 bits per heavy atom. The molecule has 3 rings (SSSR count).